The summed E-state index contributed by atoms with van der Waals surface area (Å²) in [6.45, 7) is 4.05. The van der Waals surface area contributed by atoms with Gasteiger partial charge in [0.05, 0.1) is 17.4 Å². The summed E-state index contributed by atoms with van der Waals surface area (Å²) in [4.78, 5) is 4.69. The maximum absolute atomic E-state index is 10.9. The van der Waals surface area contributed by atoms with Gasteiger partial charge in [0.1, 0.15) is 12.2 Å². The summed E-state index contributed by atoms with van der Waals surface area (Å²) in [5.41, 5.74) is 5.72. The maximum Gasteiger partial charge on any atom is 0.161 e. The molecule has 124 valence electrons. The van der Waals surface area contributed by atoms with Crippen LogP contribution in [0.15, 0.2) is 42.6 Å². The lowest BCUT2D eigenvalue weighted by atomic mass is 9.89. The average Bonchev–Trinajstić information content (AvgIpc) is 2.90. The van der Waals surface area contributed by atoms with Crippen LogP contribution in [0.4, 0.5) is 5.69 Å². The Morgan fingerprint density at radius 1 is 1.17 bits per heavy atom. The molecule has 0 unspecified atom stereocenters. The Balaban J connectivity index is 1.90. The number of pyridine rings is 1. The van der Waals surface area contributed by atoms with E-state index < -0.39 is 6.10 Å². The van der Waals surface area contributed by atoms with E-state index in [1.165, 1.54) is 0 Å². The number of anilines is 1. The number of nitrogens with zero attached hydrogens (tertiary/aromatic N) is 2. The number of methoxy groups -OCH3 is 1. The maximum atomic E-state index is 10.9. The van der Waals surface area contributed by atoms with Gasteiger partial charge in [0.15, 0.2) is 5.65 Å². The first-order chi connectivity index (χ1) is 11.6. The Hall–Kier alpha value is -2.37. The first kappa shape index (κ1) is 15.2. The topological polar surface area (TPSA) is 58.8 Å². The van der Waals surface area contributed by atoms with Gasteiger partial charge in [0.25, 0.3) is 0 Å². The van der Waals surface area contributed by atoms with Crippen molar-refractivity contribution in [3.63, 3.8) is 0 Å². The first-order valence-corrected chi connectivity index (χ1v) is 8.12. The van der Waals surface area contributed by atoms with Gasteiger partial charge in [-0.2, -0.15) is 0 Å². The van der Waals surface area contributed by atoms with Crippen LogP contribution in [-0.4, -0.2) is 27.7 Å². The van der Waals surface area contributed by atoms with Crippen molar-refractivity contribution >= 4 is 11.3 Å². The Kier molecular flexibility index (Phi) is 3.55. The summed E-state index contributed by atoms with van der Waals surface area (Å²) in [5.74, 6) is 0. The first-order valence-electron chi connectivity index (χ1n) is 8.12. The lowest BCUT2D eigenvalue weighted by Crippen LogP contribution is -2.37. The monoisotopic (exact) mass is 323 g/mol. The van der Waals surface area contributed by atoms with E-state index in [-0.39, 0.29) is 12.1 Å². The Morgan fingerprint density at radius 3 is 2.62 bits per heavy atom. The molecule has 1 aromatic carbocycles. The van der Waals surface area contributed by atoms with Gasteiger partial charge in [-0.05, 0) is 25.5 Å². The summed E-state index contributed by atoms with van der Waals surface area (Å²) in [6, 6.07) is 11.9. The van der Waals surface area contributed by atoms with Gasteiger partial charge in [-0.25, -0.2) is 4.98 Å². The molecule has 0 saturated heterocycles. The van der Waals surface area contributed by atoms with Crippen LogP contribution in [-0.2, 0) is 4.74 Å². The van der Waals surface area contributed by atoms with Crippen LogP contribution in [0.2, 0.25) is 0 Å². The van der Waals surface area contributed by atoms with E-state index in [1.54, 1.807) is 7.11 Å². The number of nitrogens with one attached hydrogen (secondary N) is 1. The van der Waals surface area contributed by atoms with E-state index in [1.807, 2.05) is 56.4 Å². The molecular weight excluding hydrogens is 302 g/mol. The summed E-state index contributed by atoms with van der Waals surface area (Å²) >= 11 is 0. The second-order valence-electron chi connectivity index (χ2n) is 6.30. The van der Waals surface area contributed by atoms with Crippen molar-refractivity contribution in [1.82, 2.24) is 9.38 Å². The third-order valence-electron chi connectivity index (χ3n) is 4.99. The molecule has 24 heavy (non-hydrogen) atoms. The number of aryl methyl sites for hydroxylation is 2. The fraction of sp³-hybridized carbons (Fsp3) is 0.316. The van der Waals surface area contributed by atoms with Crippen LogP contribution in [0, 0.1) is 13.8 Å². The normalized spacial score (nSPS) is 23.1. The van der Waals surface area contributed by atoms with E-state index in [4.69, 9.17) is 4.74 Å². The highest BCUT2D eigenvalue weighted by molar-refractivity contribution is 5.75. The number of aromatic nitrogens is 2. The molecule has 1 aliphatic heterocycles. The molecule has 0 bridgehead atoms. The molecule has 0 amide bonds. The van der Waals surface area contributed by atoms with Gasteiger partial charge in [-0.1, -0.05) is 30.3 Å². The molecule has 4 rings (SSSR count). The van der Waals surface area contributed by atoms with E-state index in [0.29, 0.717) is 0 Å². The molecule has 3 atom stereocenters. The number of hydrogen-bond acceptors (Lipinski definition) is 4. The van der Waals surface area contributed by atoms with Crippen LogP contribution in [0.1, 0.15) is 34.7 Å². The van der Waals surface area contributed by atoms with E-state index in [0.717, 1.165) is 33.8 Å². The van der Waals surface area contributed by atoms with Crippen molar-refractivity contribution in [2.45, 2.75) is 32.1 Å². The zero-order valence-corrected chi connectivity index (χ0v) is 14.0. The highest BCUT2D eigenvalue weighted by Gasteiger charge is 2.38. The van der Waals surface area contributed by atoms with Gasteiger partial charge in [-0.3, -0.25) is 0 Å². The second-order valence-corrected chi connectivity index (χ2v) is 6.30. The molecule has 0 fully saturated rings. The lowest BCUT2D eigenvalue weighted by Gasteiger charge is -2.37. The molecule has 0 aliphatic carbocycles. The van der Waals surface area contributed by atoms with Crippen molar-refractivity contribution in [2.24, 2.45) is 0 Å². The van der Waals surface area contributed by atoms with Crippen LogP contribution in [0.3, 0.4) is 0 Å². The molecule has 5 nitrogen and oxygen atoms in total. The fourth-order valence-electron chi connectivity index (χ4n) is 3.54. The van der Waals surface area contributed by atoms with Crippen LogP contribution >= 0.6 is 0 Å². The molecule has 5 heteroatoms. The average molecular weight is 323 g/mol. The fourth-order valence-corrected chi connectivity index (χ4v) is 3.54. The Bertz CT molecular complexity index is 889. The number of hydrogen-bond donors (Lipinski definition) is 2. The summed E-state index contributed by atoms with van der Waals surface area (Å²) in [7, 11) is 1.64. The van der Waals surface area contributed by atoms with Crippen LogP contribution in [0.5, 0.6) is 0 Å². The van der Waals surface area contributed by atoms with Crippen molar-refractivity contribution in [1.29, 1.82) is 0 Å². The number of ether oxygens (including phenoxy) is 1. The van der Waals surface area contributed by atoms with Gasteiger partial charge in [-0.15, -0.1) is 0 Å². The quantitative estimate of drug-likeness (QED) is 0.760. The minimum atomic E-state index is -0.709. The standard InChI is InChI=1S/C19H21N3O2/c1-11-12(2)22-10-9-14-16(19(22)20-11)21-15(18(24-3)17(14)23)13-7-5-4-6-8-13/h4-10,15,17-18,21,23H,1-3H3/t15-,17-,18-/m1/s1. The van der Waals surface area contributed by atoms with Gasteiger partial charge >= 0.3 is 0 Å². The zero-order valence-electron chi connectivity index (χ0n) is 14.0. The van der Waals surface area contributed by atoms with E-state index in [2.05, 4.69) is 14.7 Å². The third-order valence-corrected chi connectivity index (χ3v) is 4.99. The van der Waals surface area contributed by atoms with Gasteiger partial charge in [0.2, 0.25) is 0 Å². The highest BCUT2D eigenvalue weighted by Crippen LogP contribution is 2.42. The summed E-state index contributed by atoms with van der Waals surface area (Å²) in [5, 5.41) is 14.4. The largest absolute Gasteiger partial charge is 0.386 e. The molecule has 2 aromatic heterocycles. The number of benzene rings is 1. The Labute approximate surface area is 140 Å². The van der Waals surface area contributed by atoms with Gasteiger partial charge < -0.3 is 19.6 Å². The molecule has 0 spiro atoms. The van der Waals surface area contributed by atoms with E-state index in [9.17, 15) is 5.11 Å². The smallest absolute Gasteiger partial charge is 0.161 e. The third kappa shape index (κ3) is 2.12. The van der Waals surface area contributed by atoms with Crippen molar-refractivity contribution in [3.05, 3.63) is 65.1 Å². The van der Waals surface area contributed by atoms with Crippen molar-refractivity contribution < 1.29 is 9.84 Å². The van der Waals surface area contributed by atoms with E-state index >= 15 is 0 Å². The number of imidazole rings is 1. The molecule has 3 heterocycles. The lowest BCUT2D eigenvalue weighted by molar-refractivity contribution is -0.0281. The molecule has 3 aromatic rings. The number of aliphatic hydroxyl groups excluding tert-OH is 1. The summed E-state index contributed by atoms with van der Waals surface area (Å²) < 4.78 is 7.69. The predicted molar refractivity (Wildman–Crippen MR) is 93.2 cm³/mol. The van der Waals surface area contributed by atoms with Crippen molar-refractivity contribution in [3.8, 4) is 0 Å². The molecular formula is C19H21N3O2. The minimum Gasteiger partial charge on any atom is -0.386 e. The molecule has 0 radical (unpaired) electrons. The van der Waals surface area contributed by atoms with Crippen LogP contribution in [0.25, 0.3) is 5.65 Å². The minimum absolute atomic E-state index is 0.137. The predicted octanol–water partition coefficient (Wildman–Crippen LogP) is 3.17. The van der Waals surface area contributed by atoms with Crippen molar-refractivity contribution in [2.75, 3.05) is 12.4 Å². The number of fused-ring (bicyclic) bond motifs is 3. The molecule has 1 aliphatic rings. The second kappa shape index (κ2) is 5.61. The Morgan fingerprint density at radius 2 is 1.92 bits per heavy atom. The highest BCUT2D eigenvalue weighted by atomic mass is 16.5. The number of rotatable bonds is 2. The zero-order chi connectivity index (χ0) is 16.8. The number of aliphatic hydroxyl groups is 1. The SMILES string of the molecule is CO[C@H]1[C@H](O)c2ccn3c(C)c(C)nc3c2N[C@@H]1c1ccccc1. The molecule has 0 saturated carbocycles. The molecule has 2 N–H and O–H groups in total. The van der Waals surface area contributed by atoms with Gasteiger partial charge in [0, 0.05) is 24.6 Å². The van der Waals surface area contributed by atoms with Crippen LogP contribution < -0.4 is 5.32 Å². The summed E-state index contributed by atoms with van der Waals surface area (Å²) in [6.07, 6.45) is 0.891.